The van der Waals surface area contributed by atoms with Crippen LogP contribution in [0.15, 0.2) is 4.52 Å². The largest absolute Gasteiger partial charge is 0.396 e. The molecule has 1 unspecified atom stereocenters. The Morgan fingerprint density at radius 1 is 1.56 bits per heavy atom. The Bertz CT molecular complexity index is 406. The summed E-state index contributed by atoms with van der Waals surface area (Å²) in [5.74, 6) is 1.00. The lowest BCUT2D eigenvalue weighted by molar-refractivity contribution is 0.0651. The highest BCUT2D eigenvalue weighted by Crippen LogP contribution is 2.23. The molecule has 0 spiro atoms. The Hall–Kier alpha value is -1.36. The Morgan fingerprint density at radius 2 is 2.33 bits per heavy atom. The van der Waals surface area contributed by atoms with Crippen LogP contribution < -0.4 is 0 Å². The normalized spacial score (nSPS) is 20.2. The fraction of sp³-hybridized carbons (Fsp3) is 0.692. The van der Waals surface area contributed by atoms with Crippen molar-refractivity contribution < 1.29 is 14.4 Å². The van der Waals surface area contributed by atoms with Crippen LogP contribution in [0.2, 0.25) is 0 Å². The molecule has 1 amide bonds. The number of nitrogens with zero attached hydrogens (tertiary/aromatic N) is 2. The number of aliphatic hydroxyl groups excluding tert-OH is 1. The molecule has 18 heavy (non-hydrogen) atoms. The van der Waals surface area contributed by atoms with Crippen LogP contribution in [0.1, 0.15) is 41.1 Å². The zero-order valence-electron chi connectivity index (χ0n) is 11.0. The molecule has 5 nitrogen and oxygen atoms in total. The summed E-state index contributed by atoms with van der Waals surface area (Å²) in [6, 6.07) is 0. The molecule has 0 aliphatic carbocycles. The molecule has 2 rings (SSSR count). The van der Waals surface area contributed by atoms with Crippen molar-refractivity contribution in [2.45, 2.75) is 33.1 Å². The Balaban J connectivity index is 2.09. The lowest BCUT2D eigenvalue weighted by Crippen LogP contribution is -2.40. The number of rotatable bonds is 3. The molecular formula is C13H20N2O3. The molecule has 1 saturated heterocycles. The number of aromatic nitrogens is 1. The maximum absolute atomic E-state index is 12.4. The molecule has 1 N–H and O–H groups in total. The molecule has 0 saturated carbocycles. The second-order valence-corrected chi connectivity index (χ2v) is 4.97. The summed E-state index contributed by atoms with van der Waals surface area (Å²) in [5.41, 5.74) is 1.25. The number of amides is 1. The molecule has 1 aliphatic heterocycles. The highest BCUT2D eigenvalue weighted by Gasteiger charge is 2.27. The predicted molar refractivity (Wildman–Crippen MR) is 66.3 cm³/mol. The average Bonchev–Trinajstić information content (AvgIpc) is 2.69. The predicted octanol–water partition coefficient (Wildman–Crippen LogP) is 1.53. The van der Waals surface area contributed by atoms with Crippen LogP contribution in [0.4, 0.5) is 0 Å². The molecule has 0 aromatic carbocycles. The van der Waals surface area contributed by atoms with Crippen molar-refractivity contribution in [1.82, 2.24) is 10.1 Å². The fourth-order valence-electron chi connectivity index (χ4n) is 2.61. The molecule has 0 radical (unpaired) electrons. The summed E-state index contributed by atoms with van der Waals surface area (Å²) < 4.78 is 5.04. The molecule has 2 heterocycles. The SMILES string of the molecule is Cc1noc(C)c1C(=O)N1CCCC(CCO)C1. The van der Waals surface area contributed by atoms with Crippen molar-refractivity contribution in [3.05, 3.63) is 17.0 Å². The Morgan fingerprint density at radius 3 is 2.94 bits per heavy atom. The van der Waals surface area contributed by atoms with Gasteiger partial charge in [0.1, 0.15) is 11.3 Å². The smallest absolute Gasteiger partial charge is 0.259 e. The molecule has 0 bridgehead atoms. The van der Waals surface area contributed by atoms with E-state index in [1.54, 1.807) is 13.8 Å². The second-order valence-electron chi connectivity index (χ2n) is 4.97. The molecule has 1 aromatic rings. The van der Waals surface area contributed by atoms with Crippen LogP contribution in [-0.2, 0) is 0 Å². The van der Waals surface area contributed by atoms with Crippen LogP contribution in [0.5, 0.6) is 0 Å². The molecule has 1 aromatic heterocycles. The third-order valence-corrected chi connectivity index (χ3v) is 3.59. The molecule has 1 aliphatic rings. The van der Waals surface area contributed by atoms with E-state index in [9.17, 15) is 4.79 Å². The third-order valence-electron chi connectivity index (χ3n) is 3.59. The summed E-state index contributed by atoms with van der Waals surface area (Å²) >= 11 is 0. The maximum Gasteiger partial charge on any atom is 0.259 e. The van der Waals surface area contributed by atoms with Crippen molar-refractivity contribution in [1.29, 1.82) is 0 Å². The number of carbonyl (C=O) groups excluding carboxylic acids is 1. The molecule has 1 fully saturated rings. The number of likely N-dealkylation sites (tertiary alicyclic amines) is 1. The van der Waals surface area contributed by atoms with Gasteiger partial charge in [0.15, 0.2) is 0 Å². The first-order valence-corrected chi connectivity index (χ1v) is 6.46. The minimum Gasteiger partial charge on any atom is -0.396 e. The van der Waals surface area contributed by atoms with E-state index in [1.165, 1.54) is 0 Å². The van der Waals surface area contributed by atoms with Crippen LogP contribution in [0.3, 0.4) is 0 Å². The van der Waals surface area contributed by atoms with Gasteiger partial charge in [0.25, 0.3) is 5.91 Å². The first-order chi connectivity index (χ1) is 8.63. The van der Waals surface area contributed by atoms with E-state index in [0.29, 0.717) is 22.9 Å². The van der Waals surface area contributed by atoms with Crippen LogP contribution >= 0.6 is 0 Å². The van der Waals surface area contributed by atoms with Crippen molar-refractivity contribution in [2.24, 2.45) is 5.92 Å². The van der Waals surface area contributed by atoms with Crippen molar-refractivity contribution in [3.63, 3.8) is 0 Å². The minimum atomic E-state index is 0.00823. The van der Waals surface area contributed by atoms with Gasteiger partial charge in [-0.3, -0.25) is 4.79 Å². The van der Waals surface area contributed by atoms with Gasteiger partial charge >= 0.3 is 0 Å². The quantitative estimate of drug-likeness (QED) is 0.885. The standard InChI is InChI=1S/C13H20N2O3/c1-9-12(10(2)18-14-9)13(17)15-6-3-4-11(8-15)5-7-16/h11,16H,3-8H2,1-2H3. The van der Waals surface area contributed by atoms with Crippen LogP contribution in [0.25, 0.3) is 0 Å². The zero-order chi connectivity index (χ0) is 13.1. The summed E-state index contributed by atoms with van der Waals surface area (Å²) in [5, 5.41) is 12.8. The van der Waals surface area contributed by atoms with Gasteiger partial charge in [0.05, 0.1) is 5.69 Å². The van der Waals surface area contributed by atoms with E-state index in [0.717, 1.165) is 32.4 Å². The van der Waals surface area contributed by atoms with E-state index in [1.807, 2.05) is 4.90 Å². The van der Waals surface area contributed by atoms with Crippen molar-refractivity contribution in [2.75, 3.05) is 19.7 Å². The highest BCUT2D eigenvalue weighted by atomic mass is 16.5. The van der Waals surface area contributed by atoms with E-state index < -0.39 is 0 Å². The van der Waals surface area contributed by atoms with Gasteiger partial charge in [0.2, 0.25) is 0 Å². The van der Waals surface area contributed by atoms with E-state index >= 15 is 0 Å². The molecular weight excluding hydrogens is 232 g/mol. The van der Waals surface area contributed by atoms with Gasteiger partial charge in [-0.1, -0.05) is 5.16 Å². The molecule has 100 valence electrons. The highest BCUT2D eigenvalue weighted by molar-refractivity contribution is 5.96. The molecule has 5 heteroatoms. The van der Waals surface area contributed by atoms with Gasteiger partial charge in [0, 0.05) is 19.7 Å². The van der Waals surface area contributed by atoms with E-state index in [4.69, 9.17) is 9.63 Å². The summed E-state index contributed by atoms with van der Waals surface area (Å²) in [4.78, 5) is 14.3. The number of piperidine rings is 1. The number of aliphatic hydroxyl groups is 1. The Labute approximate surface area is 107 Å². The maximum atomic E-state index is 12.4. The van der Waals surface area contributed by atoms with Gasteiger partial charge in [-0.25, -0.2) is 0 Å². The van der Waals surface area contributed by atoms with Gasteiger partial charge in [-0.15, -0.1) is 0 Å². The number of aryl methyl sites for hydroxylation is 2. The topological polar surface area (TPSA) is 66.6 Å². The van der Waals surface area contributed by atoms with Gasteiger partial charge in [-0.2, -0.15) is 0 Å². The molecule has 1 atom stereocenters. The minimum absolute atomic E-state index is 0.00823. The average molecular weight is 252 g/mol. The second kappa shape index (κ2) is 5.52. The van der Waals surface area contributed by atoms with Crippen molar-refractivity contribution >= 4 is 5.91 Å². The zero-order valence-corrected chi connectivity index (χ0v) is 11.0. The summed E-state index contributed by atoms with van der Waals surface area (Å²) in [6.07, 6.45) is 2.86. The van der Waals surface area contributed by atoms with Gasteiger partial charge in [-0.05, 0) is 39.0 Å². The van der Waals surface area contributed by atoms with E-state index in [2.05, 4.69) is 5.16 Å². The third kappa shape index (κ3) is 2.56. The lowest BCUT2D eigenvalue weighted by Gasteiger charge is -2.32. The fourth-order valence-corrected chi connectivity index (χ4v) is 2.61. The number of hydrogen-bond donors (Lipinski definition) is 1. The van der Waals surface area contributed by atoms with Gasteiger partial charge < -0.3 is 14.5 Å². The van der Waals surface area contributed by atoms with Crippen LogP contribution in [-0.4, -0.2) is 40.8 Å². The Kier molecular flexibility index (Phi) is 4.01. The van der Waals surface area contributed by atoms with E-state index in [-0.39, 0.29) is 12.5 Å². The summed E-state index contributed by atoms with van der Waals surface area (Å²) in [6.45, 7) is 5.26. The number of carbonyl (C=O) groups is 1. The lowest BCUT2D eigenvalue weighted by atomic mass is 9.94. The summed E-state index contributed by atoms with van der Waals surface area (Å²) in [7, 11) is 0. The number of hydrogen-bond acceptors (Lipinski definition) is 4. The van der Waals surface area contributed by atoms with Crippen molar-refractivity contribution in [3.8, 4) is 0 Å². The first-order valence-electron chi connectivity index (χ1n) is 6.46. The van der Waals surface area contributed by atoms with Crippen LogP contribution in [0, 0.1) is 19.8 Å². The first kappa shape index (κ1) is 13.1. The monoisotopic (exact) mass is 252 g/mol.